The fourth-order valence-corrected chi connectivity index (χ4v) is 2.73. The van der Waals surface area contributed by atoms with Gasteiger partial charge in [-0.2, -0.15) is 5.10 Å². The van der Waals surface area contributed by atoms with Gasteiger partial charge in [0.2, 0.25) is 0 Å². The lowest BCUT2D eigenvalue weighted by Gasteiger charge is -2.02. The molecule has 2 aromatic rings. The number of nitrogens with zero attached hydrogens (tertiary/aromatic N) is 2. The summed E-state index contributed by atoms with van der Waals surface area (Å²) in [5.74, 6) is -0.230. The Morgan fingerprint density at radius 1 is 1.32 bits per heavy atom. The molecule has 2 aromatic heterocycles. The number of pyridine rings is 1. The fourth-order valence-electron chi connectivity index (χ4n) is 1.75. The maximum Gasteiger partial charge on any atom is 0.271 e. The minimum Gasteiger partial charge on any atom is -0.267 e. The molecule has 1 N–H and O–H groups in total. The van der Waals surface area contributed by atoms with Crippen molar-refractivity contribution in [1.29, 1.82) is 0 Å². The summed E-state index contributed by atoms with van der Waals surface area (Å²) in [4.78, 5) is 18.1. The topological polar surface area (TPSA) is 54.4 Å². The Morgan fingerprint density at radius 2 is 2.00 bits per heavy atom. The third-order valence-corrected chi connectivity index (χ3v) is 3.66. The minimum atomic E-state index is -0.230. The zero-order valence-electron chi connectivity index (χ0n) is 11.1. The van der Waals surface area contributed by atoms with Crippen molar-refractivity contribution >= 4 is 23.0 Å². The highest BCUT2D eigenvalue weighted by atomic mass is 32.1. The molecule has 0 aliphatic rings. The summed E-state index contributed by atoms with van der Waals surface area (Å²) in [5, 5.41) is 4.15. The zero-order chi connectivity index (χ0) is 13.8. The third-order valence-electron chi connectivity index (χ3n) is 2.70. The van der Waals surface area contributed by atoms with E-state index in [1.807, 2.05) is 6.92 Å². The van der Waals surface area contributed by atoms with Crippen molar-refractivity contribution in [3.8, 4) is 0 Å². The maximum absolute atomic E-state index is 11.8. The van der Waals surface area contributed by atoms with Gasteiger partial charge < -0.3 is 0 Å². The van der Waals surface area contributed by atoms with Gasteiger partial charge in [0.1, 0.15) is 0 Å². The van der Waals surface area contributed by atoms with Gasteiger partial charge in [0, 0.05) is 33.3 Å². The average Bonchev–Trinajstić information content (AvgIpc) is 2.75. The molecule has 5 heteroatoms. The number of carbonyl (C=O) groups excluding carboxylic acids is 1. The number of hydrogen-bond donors (Lipinski definition) is 1. The summed E-state index contributed by atoms with van der Waals surface area (Å²) in [6, 6.07) is 5.39. The van der Waals surface area contributed by atoms with Crippen LogP contribution in [0.1, 0.15) is 32.6 Å². The normalized spacial score (nSPS) is 11.4. The zero-order valence-corrected chi connectivity index (χ0v) is 11.9. The molecule has 2 rings (SSSR count). The highest BCUT2D eigenvalue weighted by Gasteiger charge is 2.07. The molecule has 0 fully saturated rings. The smallest absolute Gasteiger partial charge is 0.267 e. The van der Waals surface area contributed by atoms with Crippen LogP contribution in [0.4, 0.5) is 0 Å². The lowest BCUT2D eigenvalue weighted by molar-refractivity contribution is 0.0954. The first-order valence-corrected chi connectivity index (χ1v) is 6.71. The van der Waals surface area contributed by atoms with Crippen molar-refractivity contribution in [3.63, 3.8) is 0 Å². The van der Waals surface area contributed by atoms with Gasteiger partial charge in [-0.15, -0.1) is 11.3 Å². The second-order valence-electron chi connectivity index (χ2n) is 4.20. The van der Waals surface area contributed by atoms with Crippen LogP contribution in [0.5, 0.6) is 0 Å². The molecule has 0 atom stereocenters. The molecule has 0 spiro atoms. The molecule has 1 amide bonds. The predicted octanol–water partition coefficient (Wildman–Crippen LogP) is 2.91. The summed E-state index contributed by atoms with van der Waals surface area (Å²) < 4.78 is 0. The Balaban J connectivity index is 2.11. The van der Waals surface area contributed by atoms with Crippen LogP contribution in [0.3, 0.4) is 0 Å². The van der Waals surface area contributed by atoms with Crippen LogP contribution >= 0.6 is 11.3 Å². The number of aromatic nitrogens is 1. The molecule has 0 bridgehead atoms. The van der Waals surface area contributed by atoms with Gasteiger partial charge >= 0.3 is 0 Å². The largest absolute Gasteiger partial charge is 0.271 e. The first-order valence-electron chi connectivity index (χ1n) is 5.90. The van der Waals surface area contributed by atoms with E-state index in [1.54, 1.807) is 35.9 Å². The van der Waals surface area contributed by atoms with Gasteiger partial charge in [-0.05, 0) is 39.0 Å². The summed E-state index contributed by atoms with van der Waals surface area (Å²) >= 11 is 1.73. The summed E-state index contributed by atoms with van der Waals surface area (Å²) in [5.41, 5.74) is 5.00. The van der Waals surface area contributed by atoms with E-state index in [2.05, 4.69) is 35.4 Å². The Labute approximate surface area is 116 Å². The van der Waals surface area contributed by atoms with Gasteiger partial charge in [-0.3, -0.25) is 9.78 Å². The van der Waals surface area contributed by atoms with Crippen molar-refractivity contribution in [1.82, 2.24) is 10.4 Å². The summed E-state index contributed by atoms with van der Waals surface area (Å²) in [6.45, 7) is 6.00. The highest BCUT2D eigenvalue weighted by Crippen LogP contribution is 2.21. The van der Waals surface area contributed by atoms with E-state index in [0.717, 1.165) is 11.3 Å². The van der Waals surface area contributed by atoms with Gasteiger partial charge in [0.05, 0.1) is 5.71 Å². The molecular formula is C14H15N3OS. The van der Waals surface area contributed by atoms with E-state index in [0.29, 0.717) is 5.56 Å². The average molecular weight is 273 g/mol. The van der Waals surface area contributed by atoms with Crippen molar-refractivity contribution < 1.29 is 4.79 Å². The van der Waals surface area contributed by atoms with Gasteiger partial charge in [-0.25, -0.2) is 5.43 Å². The molecule has 0 radical (unpaired) electrons. The van der Waals surface area contributed by atoms with Crippen LogP contribution in [0.25, 0.3) is 0 Å². The number of amides is 1. The molecule has 0 aliphatic heterocycles. The van der Waals surface area contributed by atoms with Gasteiger partial charge in [0.15, 0.2) is 0 Å². The minimum absolute atomic E-state index is 0.230. The Hall–Kier alpha value is -2.01. The number of hydrazone groups is 1. The number of thiophene rings is 1. The number of hydrogen-bond acceptors (Lipinski definition) is 4. The molecule has 2 heterocycles. The van der Waals surface area contributed by atoms with Crippen LogP contribution in [0.15, 0.2) is 35.7 Å². The number of carbonyl (C=O) groups is 1. The second-order valence-corrected chi connectivity index (χ2v) is 5.66. The summed E-state index contributed by atoms with van der Waals surface area (Å²) in [7, 11) is 0. The first-order chi connectivity index (χ1) is 9.08. The molecule has 0 saturated carbocycles. The van der Waals surface area contributed by atoms with Crippen molar-refractivity contribution in [2.75, 3.05) is 0 Å². The Kier molecular flexibility index (Phi) is 4.06. The molecule has 19 heavy (non-hydrogen) atoms. The highest BCUT2D eigenvalue weighted by molar-refractivity contribution is 7.12. The Bertz CT molecular complexity index is 617. The van der Waals surface area contributed by atoms with E-state index in [4.69, 9.17) is 0 Å². The third kappa shape index (κ3) is 3.26. The van der Waals surface area contributed by atoms with Crippen LogP contribution in [-0.2, 0) is 0 Å². The van der Waals surface area contributed by atoms with Crippen molar-refractivity contribution in [2.45, 2.75) is 20.8 Å². The molecular weight excluding hydrogens is 258 g/mol. The van der Waals surface area contributed by atoms with Crippen molar-refractivity contribution in [3.05, 3.63) is 51.5 Å². The fraction of sp³-hybridized carbons (Fsp3) is 0.214. The molecule has 98 valence electrons. The molecule has 0 aliphatic carbocycles. The quantitative estimate of drug-likeness (QED) is 0.690. The van der Waals surface area contributed by atoms with Gasteiger partial charge in [-0.1, -0.05) is 0 Å². The maximum atomic E-state index is 11.8. The van der Waals surface area contributed by atoms with Crippen LogP contribution in [0.2, 0.25) is 0 Å². The number of rotatable bonds is 3. The van der Waals surface area contributed by atoms with E-state index in [-0.39, 0.29) is 5.91 Å². The second kappa shape index (κ2) is 5.75. The number of nitrogens with one attached hydrogen (secondary N) is 1. The SMILES string of the molecule is CC(=NNC(=O)c1ccncc1)c1cc(C)sc1C. The van der Waals surface area contributed by atoms with Gasteiger partial charge in [0.25, 0.3) is 5.91 Å². The lowest BCUT2D eigenvalue weighted by atomic mass is 10.2. The molecule has 0 saturated heterocycles. The monoisotopic (exact) mass is 273 g/mol. The Morgan fingerprint density at radius 3 is 2.58 bits per heavy atom. The molecule has 0 unspecified atom stereocenters. The first kappa shape index (κ1) is 13.4. The van der Waals surface area contributed by atoms with E-state index in [9.17, 15) is 4.79 Å². The standard InChI is InChI=1S/C14H15N3OS/c1-9-8-13(11(3)19-9)10(2)16-17-14(18)12-4-6-15-7-5-12/h4-8H,1-3H3,(H,17,18). The number of aryl methyl sites for hydroxylation is 2. The van der Waals surface area contributed by atoms with Crippen molar-refractivity contribution in [2.24, 2.45) is 5.10 Å². The summed E-state index contributed by atoms with van der Waals surface area (Å²) in [6.07, 6.45) is 3.16. The predicted molar refractivity (Wildman–Crippen MR) is 77.7 cm³/mol. The van der Waals surface area contributed by atoms with Crippen LogP contribution < -0.4 is 5.43 Å². The van der Waals surface area contributed by atoms with E-state index in [1.165, 1.54) is 9.75 Å². The van der Waals surface area contributed by atoms with Crippen LogP contribution in [0, 0.1) is 13.8 Å². The van der Waals surface area contributed by atoms with E-state index >= 15 is 0 Å². The van der Waals surface area contributed by atoms with Crippen LogP contribution in [-0.4, -0.2) is 16.6 Å². The lowest BCUT2D eigenvalue weighted by Crippen LogP contribution is -2.19. The molecule has 0 aromatic carbocycles. The molecule has 4 nitrogen and oxygen atoms in total. The van der Waals surface area contributed by atoms with E-state index < -0.39 is 0 Å².